The van der Waals surface area contributed by atoms with Crippen LogP contribution in [0.4, 0.5) is 4.39 Å². The predicted octanol–water partition coefficient (Wildman–Crippen LogP) is 3.03. The van der Waals surface area contributed by atoms with Crippen LogP contribution in [-0.4, -0.2) is 17.8 Å². The van der Waals surface area contributed by atoms with Crippen LogP contribution >= 0.6 is 0 Å². The largest absolute Gasteiger partial charge is 0.396 e. The average molecular weight is 251 g/mol. The molecule has 3 unspecified atom stereocenters. The Morgan fingerprint density at radius 3 is 2.78 bits per heavy atom. The first-order valence-corrected chi connectivity index (χ1v) is 6.83. The van der Waals surface area contributed by atoms with Crippen molar-refractivity contribution in [3.8, 4) is 0 Å². The van der Waals surface area contributed by atoms with Gasteiger partial charge in [-0.15, -0.1) is 0 Å². The highest BCUT2D eigenvalue weighted by Crippen LogP contribution is 2.27. The summed E-state index contributed by atoms with van der Waals surface area (Å²) in [6.45, 7) is 2.21. The molecule has 0 aromatic heterocycles. The monoisotopic (exact) mass is 251 g/mol. The van der Waals surface area contributed by atoms with Crippen LogP contribution < -0.4 is 5.32 Å². The number of benzene rings is 1. The third kappa shape index (κ3) is 3.09. The van der Waals surface area contributed by atoms with Crippen LogP contribution in [0, 0.1) is 11.7 Å². The van der Waals surface area contributed by atoms with E-state index in [0.717, 1.165) is 12.8 Å². The van der Waals surface area contributed by atoms with Crippen molar-refractivity contribution < 1.29 is 9.50 Å². The summed E-state index contributed by atoms with van der Waals surface area (Å²) in [6.07, 6.45) is 4.53. The summed E-state index contributed by atoms with van der Waals surface area (Å²) in [6, 6.07) is 7.19. The fourth-order valence-electron chi connectivity index (χ4n) is 2.88. The SMILES string of the molecule is CC(NC1CCCCC1CO)c1ccccc1F. The molecule has 0 saturated heterocycles. The Morgan fingerprint density at radius 2 is 2.06 bits per heavy atom. The fraction of sp³-hybridized carbons (Fsp3) is 0.600. The topological polar surface area (TPSA) is 32.3 Å². The first-order chi connectivity index (χ1) is 8.72. The molecule has 0 heterocycles. The molecule has 1 aliphatic carbocycles. The molecule has 3 heteroatoms. The Balaban J connectivity index is 2.02. The molecule has 18 heavy (non-hydrogen) atoms. The molecular weight excluding hydrogens is 229 g/mol. The van der Waals surface area contributed by atoms with Crippen LogP contribution in [0.25, 0.3) is 0 Å². The van der Waals surface area contributed by atoms with Gasteiger partial charge in [0.25, 0.3) is 0 Å². The van der Waals surface area contributed by atoms with Gasteiger partial charge < -0.3 is 10.4 Å². The normalized spacial score (nSPS) is 25.9. The molecule has 100 valence electrons. The Hall–Kier alpha value is -0.930. The zero-order valence-electron chi connectivity index (χ0n) is 10.9. The number of aliphatic hydroxyl groups is 1. The zero-order valence-corrected chi connectivity index (χ0v) is 10.9. The second-order valence-corrected chi connectivity index (χ2v) is 5.24. The molecule has 2 N–H and O–H groups in total. The van der Waals surface area contributed by atoms with E-state index in [0.29, 0.717) is 17.5 Å². The molecule has 2 nitrogen and oxygen atoms in total. The lowest BCUT2D eigenvalue weighted by Crippen LogP contribution is -2.41. The van der Waals surface area contributed by atoms with Crippen molar-refractivity contribution in [1.82, 2.24) is 5.32 Å². The van der Waals surface area contributed by atoms with Gasteiger partial charge in [-0.1, -0.05) is 31.0 Å². The Morgan fingerprint density at radius 1 is 1.33 bits per heavy atom. The first kappa shape index (κ1) is 13.5. The molecule has 1 saturated carbocycles. The third-order valence-electron chi connectivity index (χ3n) is 3.98. The van der Waals surface area contributed by atoms with Gasteiger partial charge in [0.05, 0.1) is 0 Å². The highest BCUT2D eigenvalue weighted by molar-refractivity contribution is 5.20. The van der Waals surface area contributed by atoms with Crippen LogP contribution in [-0.2, 0) is 0 Å². The van der Waals surface area contributed by atoms with E-state index in [2.05, 4.69) is 5.32 Å². The van der Waals surface area contributed by atoms with E-state index in [-0.39, 0.29) is 18.5 Å². The van der Waals surface area contributed by atoms with Crippen molar-refractivity contribution in [3.05, 3.63) is 35.6 Å². The maximum absolute atomic E-state index is 13.7. The summed E-state index contributed by atoms with van der Waals surface area (Å²) < 4.78 is 13.7. The maximum Gasteiger partial charge on any atom is 0.127 e. The van der Waals surface area contributed by atoms with E-state index in [1.54, 1.807) is 6.07 Å². The highest BCUT2D eigenvalue weighted by Gasteiger charge is 2.26. The van der Waals surface area contributed by atoms with Gasteiger partial charge in [-0.25, -0.2) is 4.39 Å². The van der Waals surface area contributed by atoms with Crippen molar-refractivity contribution >= 4 is 0 Å². The quantitative estimate of drug-likeness (QED) is 0.862. The van der Waals surface area contributed by atoms with Gasteiger partial charge in [-0.2, -0.15) is 0 Å². The Bertz CT molecular complexity index is 383. The van der Waals surface area contributed by atoms with Crippen molar-refractivity contribution in [2.24, 2.45) is 5.92 Å². The van der Waals surface area contributed by atoms with Gasteiger partial charge in [-0.05, 0) is 31.7 Å². The average Bonchev–Trinajstić information content (AvgIpc) is 2.39. The Labute approximate surface area is 108 Å². The Kier molecular flexibility index (Phi) is 4.72. The smallest absolute Gasteiger partial charge is 0.127 e. The molecule has 2 rings (SSSR count). The molecular formula is C15H22FNO. The molecule has 0 amide bonds. The van der Waals surface area contributed by atoms with Gasteiger partial charge >= 0.3 is 0 Å². The van der Waals surface area contributed by atoms with Gasteiger partial charge in [0.2, 0.25) is 0 Å². The predicted molar refractivity (Wildman–Crippen MR) is 70.8 cm³/mol. The highest BCUT2D eigenvalue weighted by atomic mass is 19.1. The molecule has 1 fully saturated rings. The summed E-state index contributed by atoms with van der Waals surface area (Å²) in [5.74, 6) is 0.154. The van der Waals surface area contributed by atoms with E-state index in [9.17, 15) is 9.50 Å². The van der Waals surface area contributed by atoms with Gasteiger partial charge in [0.15, 0.2) is 0 Å². The summed E-state index contributed by atoms with van der Waals surface area (Å²) >= 11 is 0. The third-order valence-corrected chi connectivity index (χ3v) is 3.98. The van der Waals surface area contributed by atoms with Gasteiger partial charge in [0.1, 0.15) is 5.82 Å². The van der Waals surface area contributed by atoms with E-state index < -0.39 is 0 Å². The molecule has 1 aromatic carbocycles. The van der Waals surface area contributed by atoms with Crippen molar-refractivity contribution in [2.45, 2.75) is 44.7 Å². The second-order valence-electron chi connectivity index (χ2n) is 5.24. The number of aliphatic hydroxyl groups excluding tert-OH is 1. The summed E-state index contributed by atoms with van der Waals surface area (Å²) in [4.78, 5) is 0. The summed E-state index contributed by atoms with van der Waals surface area (Å²) in [5, 5.41) is 12.9. The molecule has 1 aliphatic rings. The minimum absolute atomic E-state index is 0.0108. The lowest BCUT2D eigenvalue weighted by molar-refractivity contribution is 0.147. The van der Waals surface area contributed by atoms with Crippen LogP contribution in [0.15, 0.2) is 24.3 Å². The minimum atomic E-state index is -0.158. The van der Waals surface area contributed by atoms with Gasteiger partial charge in [-0.3, -0.25) is 0 Å². The van der Waals surface area contributed by atoms with E-state index in [1.165, 1.54) is 18.9 Å². The number of rotatable bonds is 4. The van der Waals surface area contributed by atoms with E-state index >= 15 is 0 Å². The number of hydrogen-bond donors (Lipinski definition) is 2. The molecule has 0 radical (unpaired) electrons. The van der Waals surface area contributed by atoms with Crippen LogP contribution in [0.5, 0.6) is 0 Å². The molecule has 0 bridgehead atoms. The van der Waals surface area contributed by atoms with E-state index in [1.807, 2.05) is 19.1 Å². The minimum Gasteiger partial charge on any atom is -0.396 e. The molecule has 1 aromatic rings. The lowest BCUT2D eigenvalue weighted by Gasteiger charge is -2.33. The lowest BCUT2D eigenvalue weighted by atomic mass is 9.84. The number of hydrogen-bond acceptors (Lipinski definition) is 2. The standard InChI is InChI=1S/C15H22FNO/c1-11(13-7-3-4-8-14(13)16)17-15-9-5-2-6-12(15)10-18/h3-4,7-8,11-12,15,17-18H,2,5-6,9-10H2,1H3. The van der Waals surface area contributed by atoms with E-state index in [4.69, 9.17) is 0 Å². The summed E-state index contributed by atoms with van der Waals surface area (Å²) in [5.41, 5.74) is 0.708. The van der Waals surface area contributed by atoms with Crippen molar-refractivity contribution in [2.75, 3.05) is 6.61 Å². The van der Waals surface area contributed by atoms with Crippen LogP contribution in [0.1, 0.15) is 44.2 Å². The first-order valence-electron chi connectivity index (χ1n) is 6.83. The van der Waals surface area contributed by atoms with Crippen molar-refractivity contribution in [1.29, 1.82) is 0 Å². The molecule has 3 atom stereocenters. The fourth-order valence-corrected chi connectivity index (χ4v) is 2.88. The number of nitrogens with one attached hydrogen (secondary N) is 1. The molecule has 0 aliphatic heterocycles. The van der Waals surface area contributed by atoms with Crippen LogP contribution in [0.2, 0.25) is 0 Å². The van der Waals surface area contributed by atoms with Gasteiger partial charge in [0, 0.05) is 24.3 Å². The van der Waals surface area contributed by atoms with Crippen molar-refractivity contribution in [3.63, 3.8) is 0 Å². The molecule has 0 spiro atoms. The maximum atomic E-state index is 13.7. The zero-order chi connectivity index (χ0) is 13.0. The second kappa shape index (κ2) is 6.30. The number of halogens is 1. The summed E-state index contributed by atoms with van der Waals surface area (Å²) in [7, 11) is 0. The van der Waals surface area contributed by atoms with Crippen LogP contribution in [0.3, 0.4) is 0 Å².